The third kappa shape index (κ3) is 4.40. The Kier molecular flexibility index (Phi) is 6.67. The van der Waals surface area contributed by atoms with E-state index in [9.17, 15) is 0 Å². The van der Waals surface area contributed by atoms with Crippen molar-refractivity contribution in [1.29, 1.82) is 0 Å². The second kappa shape index (κ2) is 8.02. The summed E-state index contributed by atoms with van der Waals surface area (Å²) in [5, 5.41) is 8.79. The van der Waals surface area contributed by atoms with Crippen molar-refractivity contribution in [1.82, 2.24) is 4.90 Å². The highest BCUT2D eigenvalue weighted by Gasteiger charge is 2.12. The van der Waals surface area contributed by atoms with Gasteiger partial charge in [-0.1, -0.05) is 6.07 Å². The molecule has 0 aromatic heterocycles. The summed E-state index contributed by atoms with van der Waals surface area (Å²) in [5.74, 6) is 1.75. The predicted octanol–water partition coefficient (Wildman–Crippen LogP) is 2.22. The second-order valence-electron chi connectivity index (χ2n) is 4.75. The highest BCUT2D eigenvalue weighted by atomic mass is 16.5. The number of nitrogens with zero attached hydrogens (tertiary/aromatic N) is 1. The fourth-order valence-corrected chi connectivity index (χ4v) is 2.22. The molecule has 0 heterocycles. The molecule has 19 heavy (non-hydrogen) atoms. The number of methoxy groups -OCH3 is 2. The summed E-state index contributed by atoms with van der Waals surface area (Å²) in [4.78, 5) is 2.24. The van der Waals surface area contributed by atoms with Crippen molar-refractivity contribution in [2.45, 2.75) is 26.3 Å². The molecular formula is C15H25NO3. The molecular weight excluding hydrogens is 242 g/mol. The van der Waals surface area contributed by atoms with Crippen LogP contribution < -0.4 is 9.47 Å². The Bertz CT molecular complexity index is 393. The molecule has 0 fully saturated rings. The van der Waals surface area contributed by atoms with E-state index < -0.39 is 0 Å². The van der Waals surface area contributed by atoms with Gasteiger partial charge in [0.05, 0.1) is 14.2 Å². The zero-order chi connectivity index (χ0) is 14.3. The minimum Gasteiger partial charge on any atom is -0.496 e. The maximum Gasteiger partial charge on any atom is 0.129 e. The molecule has 0 radical (unpaired) electrons. The van der Waals surface area contributed by atoms with Crippen LogP contribution in [0.15, 0.2) is 12.1 Å². The Morgan fingerprint density at radius 2 is 1.89 bits per heavy atom. The van der Waals surface area contributed by atoms with E-state index in [1.54, 1.807) is 14.2 Å². The van der Waals surface area contributed by atoms with Gasteiger partial charge in [-0.2, -0.15) is 0 Å². The van der Waals surface area contributed by atoms with E-state index in [-0.39, 0.29) is 6.61 Å². The fraction of sp³-hybridized carbons (Fsp3) is 0.600. The molecule has 0 spiro atoms. The zero-order valence-corrected chi connectivity index (χ0v) is 12.4. The minimum atomic E-state index is 0.263. The summed E-state index contributed by atoms with van der Waals surface area (Å²) in [6.45, 7) is 4.07. The summed E-state index contributed by atoms with van der Waals surface area (Å²) in [6.07, 6.45) is 1.85. The van der Waals surface area contributed by atoms with Crippen LogP contribution in [0.4, 0.5) is 0 Å². The molecule has 0 saturated carbocycles. The van der Waals surface area contributed by atoms with E-state index >= 15 is 0 Å². The van der Waals surface area contributed by atoms with E-state index in [2.05, 4.69) is 11.9 Å². The lowest BCUT2D eigenvalue weighted by atomic mass is 10.1. The first kappa shape index (κ1) is 15.8. The topological polar surface area (TPSA) is 41.9 Å². The molecule has 4 heteroatoms. The average Bonchev–Trinajstić information content (AvgIpc) is 2.39. The van der Waals surface area contributed by atoms with Crippen LogP contribution in [0.2, 0.25) is 0 Å². The summed E-state index contributed by atoms with van der Waals surface area (Å²) < 4.78 is 10.8. The molecule has 0 aliphatic heterocycles. The SMILES string of the molecule is COc1ccc(CN(C)CCCCO)c(OC)c1C. The number of ether oxygens (including phenoxy) is 2. The highest BCUT2D eigenvalue weighted by Crippen LogP contribution is 2.31. The number of unbranched alkanes of at least 4 members (excludes halogenated alkanes) is 1. The molecule has 1 aromatic rings. The Labute approximate surface area is 115 Å². The van der Waals surface area contributed by atoms with Crippen LogP contribution in [-0.2, 0) is 6.54 Å². The second-order valence-corrected chi connectivity index (χ2v) is 4.75. The van der Waals surface area contributed by atoms with Crippen molar-refractivity contribution < 1.29 is 14.6 Å². The van der Waals surface area contributed by atoms with Gasteiger partial charge in [-0.05, 0) is 39.4 Å². The lowest BCUT2D eigenvalue weighted by Crippen LogP contribution is -2.20. The Morgan fingerprint density at radius 1 is 1.16 bits per heavy atom. The minimum absolute atomic E-state index is 0.263. The van der Waals surface area contributed by atoms with E-state index in [4.69, 9.17) is 14.6 Å². The number of rotatable bonds is 8. The number of benzene rings is 1. The van der Waals surface area contributed by atoms with E-state index in [0.29, 0.717) is 0 Å². The molecule has 0 aliphatic rings. The van der Waals surface area contributed by atoms with Gasteiger partial charge in [0, 0.05) is 24.3 Å². The van der Waals surface area contributed by atoms with E-state index in [0.717, 1.165) is 48.6 Å². The molecule has 0 bridgehead atoms. The van der Waals surface area contributed by atoms with E-state index in [1.807, 2.05) is 19.1 Å². The van der Waals surface area contributed by atoms with E-state index in [1.165, 1.54) is 0 Å². The first-order chi connectivity index (χ1) is 9.13. The summed E-state index contributed by atoms with van der Waals surface area (Å²) in [5.41, 5.74) is 2.19. The third-order valence-corrected chi connectivity index (χ3v) is 3.25. The van der Waals surface area contributed by atoms with Gasteiger partial charge in [-0.3, -0.25) is 0 Å². The fourth-order valence-electron chi connectivity index (χ4n) is 2.22. The zero-order valence-electron chi connectivity index (χ0n) is 12.4. The molecule has 0 aliphatic carbocycles. The molecule has 1 rings (SSSR count). The average molecular weight is 267 g/mol. The third-order valence-electron chi connectivity index (χ3n) is 3.25. The van der Waals surface area contributed by atoms with Crippen LogP contribution in [-0.4, -0.2) is 44.4 Å². The number of aliphatic hydroxyl groups is 1. The quantitative estimate of drug-likeness (QED) is 0.733. The molecule has 4 nitrogen and oxygen atoms in total. The smallest absolute Gasteiger partial charge is 0.129 e. The predicted molar refractivity (Wildman–Crippen MR) is 76.9 cm³/mol. The molecule has 1 aromatic carbocycles. The largest absolute Gasteiger partial charge is 0.496 e. The lowest BCUT2D eigenvalue weighted by Gasteiger charge is -2.20. The standard InChI is InChI=1S/C15H25NO3/c1-12-14(18-3)8-7-13(15(12)19-4)11-16(2)9-5-6-10-17/h7-8,17H,5-6,9-11H2,1-4H3. The van der Waals surface area contributed by atoms with Crippen LogP contribution in [0.5, 0.6) is 11.5 Å². The monoisotopic (exact) mass is 267 g/mol. The Hall–Kier alpha value is -1.26. The number of aliphatic hydroxyl groups excluding tert-OH is 1. The van der Waals surface area contributed by atoms with Crippen LogP contribution in [0.25, 0.3) is 0 Å². The van der Waals surface area contributed by atoms with Gasteiger partial charge < -0.3 is 19.5 Å². The normalized spacial score (nSPS) is 10.8. The maximum atomic E-state index is 8.79. The summed E-state index contributed by atoms with van der Waals surface area (Å²) >= 11 is 0. The lowest BCUT2D eigenvalue weighted by molar-refractivity contribution is 0.259. The Morgan fingerprint density at radius 3 is 2.47 bits per heavy atom. The van der Waals surface area contributed by atoms with Gasteiger partial charge in [-0.15, -0.1) is 0 Å². The molecule has 0 saturated heterocycles. The summed E-state index contributed by atoms with van der Waals surface area (Å²) in [7, 11) is 5.44. The molecule has 1 N–H and O–H groups in total. The van der Waals surface area contributed by atoms with Crippen LogP contribution in [0.3, 0.4) is 0 Å². The van der Waals surface area contributed by atoms with Gasteiger partial charge >= 0.3 is 0 Å². The van der Waals surface area contributed by atoms with Crippen molar-refractivity contribution in [3.05, 3.63) is 23.3 Å². The van der Waals surface area contributed by atoms with Gasteiger partial charge in [0.25, 0.3) is 0 Å². The first-order valence-electron chi connectivity index (χ1n) is 6.63. The van der Waals surface area contributed by atoms with Gasteiger partial charge in [-0.25, -0.2) is 0 Å². The van der Waals surface area contributed by atoms with Gasteiger partial charge in [0.2, 0.25) is 0 Å². The highest BCUT2D eigenvalue weighted by molar-refractivity contribution is 5.49. The first-order valence-corrected chi connectivity index (χ1v) is 6.63. The molecule has 0 atom stereocenters. The van der Waals surface area contributed by atoms with Crippen LogP contribution in [0.1, 0.15) is 24.0 Å². The molecule has 0 amide bonds. The van der Waals surface area contributed by atoms with Crippen LogP contribution >= 0.6 is 0 Å². The number of hydrogen-bond donors (Lipinski definition) is 1. The van der Waals surface area contributed by atoms with Gasteiger partial charge in [0.15, 0.2) is 0 Å². The number of hydrogen-bond acceptors (Lipinski definition) is 4. The van der Waals surface area contributed by atoms with Crippen molar-refractivity contribution in [3.63, 3.8) is 0 Å². The Balaban J connectivity index is 2.75. The molecule has 0 unspecified atom stereocenters. The van der Waals surface area contributed by atoms with Crippen molar-refractivity contribution >= 4 is 0 Å². The van der Waals surface area contributed by atoms with Crippen molar-refractivity contribution in [3.8, 4) is 11.5 Å². The maximum absolute atomic E-state index is 8.79. The van der Waals surface area contributed by atoms with Crippen molar-refractivity contribution in [2.75, 3.05) is 34.4 Å². The summed E-state index contributed by atoms with van der Waals surface area (Å²) in [6, 6.07) is 4.03. The molecule has 108 valence electrons. The van der Waals surface area contributed by atoms with Crippen LogP contribution in [0, 0.1) is 6.92 Å². The van der Waals surface area contributed by atoms with Crippen molar-refractivity contribution in [2.24, 2.45) is 0 Å². The van der Waals surface area contributed by atoms with Gasteiger partial charge in [0.1, 0.15) is 11.5 Å².